The van der Waals surface area contributed by atoms with Crippen LogP contribution < -0.4 is 0 Å². The fourth-order valence-corrected chi connectivity index (χ4v) is 1.27. The Hall–Kier alpha value is 0.310. The van der Waals surface area contributed by atoms with E-state index in [1.807, 2.05) is 0 Å². The first-order chi connectivity index (χ1) is 5.35. The molecule has 0 saturated heterocycles. The molecule has 1 nitrogen and oxygen atoms in total. The molecule has 0 amide bonds. The summed E-state index contributed by atoms with van der Waals surface area (Å²) in [6.45, 7) is 5.25. The van der Waals surface area contributed by atoms with Gasteiger partial charge in [0.2, 0.25) is 0 Å². The average Bonchev–Trinajstić information content (AvgIpc) is 2.05. The van der Waals surface area contributed by atoms with Crippen molar-refractivity contribution in [3.05, 3.63) is 0 Å². The molecule has 0 aromatic rings. The van der Waals surface area contributed by atoms with E-state index in [1.54, 1.807) is 0 Å². The molecule has 1 unspecified atom stereocenters. The topological polar surface area (TPSA) is 9.23 Å². The van der Waals surface area contributed by atoms with Gasteiger partial charge >= 0.3 is 0 Å². The highest BCUT2D eigenvalue weighted by Gasteiger charge is 2.01. The molecule has 0 aliphatic carbocycles. The lowest BCUT2D eigenvalue weighted by Gasteiger charge is -2.12. The molecule has 0 aromatic heterocycles. The highest BCUT2D eigenvalue weighted by atomic mass is 32.1. The minimum Gasteiger partial charge on any atom is -0.377 e. The third kappa shape index (κ3) is 6.70. The maximum Gasteiger partial charge on any atom is 0.0660 e. The predicted molar refractivity (Wildman–Crippen MR) is 53.4 cm³/mol. The molecule has 0 saturated carbocycles. The van der Waals surface area contributed by atoms with E-state index in [9.17, 15) is 0 Å². The van der Waals surface area contributed by atoms with Gasteiger partial charge in [0.25, 0.3) is 0 Å². The van der Waals surface area contributed by atoms with Crippen molar-refractivity contribution >= 4 is 12.6 Å². The first-order valence-corrected chi connectivity index (χ1v) is 5.20. The molecule has 0 rings (SSSR count). The van der Waals surface area contributed by atoms with Crippen LogP contribution in [-0.4, -0.2) is 18.5 Å². The first-order valence-electron chi connectivity index (χ1n) is 4.57. The van der Waals surface area contributed by atoms with Crippen LogP contribution in [0.25, 0.3) is 0 Å². The fraction of sp³-hybridized carbons (Fsp3) is 1.00. The molecule has 0 bridgehead atoms. The third-order valence-corrected chi connectivity index (χ3v) is 2.17. The van der Waals surface area contributed by atoms with E-state index >= 15 is 0 Å². The molecule has 1 atom stereocenters. The second-order valence-electron chi connectivity index (χ2n) is 2.79. The largest absolute Gasteiger partial charge is 0.377 e. The first kappa shape index (κ1) is 11.3. The van der Waals surface area contributed by atoms with Crippen LogP contribution in [0, 0.1) is 0 Å². The number of hydrogen-bond donors (Lipinski definition) is 1. The Morgan fingerprint density at radius 2 is 2.00 bits per heavy atom. The number of rotatable bonds is 7. The van der Waals surface area contributed by atoms with Gasteiger partial charge in [-0.1, -0.05) is 26.7 Å². The molecule has 68 valence electrons. The van der Waals surface area contributed by atoms with E-state index in [4.69, 9.17) is 4.74 Å². The summed E-state index contributed by atoms with van der Waals surface area (Å²) in [4.78, 5) is 0. The molecule has 0 aromatic carbocycles. The van der Waals surface area contributed by atoms with E-state index in [0.717, 1.165) is 18.8 Å². The lowest BCUT2D eigenvalue weighted by Crippen LogP contribution is -2.14. The Morgan fingerprint density at radius 3 is 2.45 bits per heavy atom. The number of unbranched alkanes of at least 4 members (excludes halogenated alkanes) is 2. The van der Waals surface area contributed by atoms with Gasteiger partial charge in [0.1, 0.15) is 0 Å². The Kier molecular flexibility index (Phi) is 8.64. The molecule has 11 heavy (non-hydrogen) atoms. The summed E-state index contributed by atoms with van der Waals surface area (Å²) in [6.07, 6.45) is 5.19. The van der Waals surface area contributed by atoms with Crippen molar-refractivity contribution in [1.82, 2.24) is 0 Å². The van der Waals surface area contributed by atoms with Gasteiger partial charge in [0.15, 0.2) is 0 Å². The van der Waals surface area contributed by atoms with Crippen LogP contribution in [0.1, 0.15) is 39.5 Å². The zero-order chi connectivity index (χ0) is 8.53. The molecule has 0 aliphatic rings. The molecule has 0 fully saturated rings. The molecule has 0 aliphatic heterocycles. The van der Waals surface area contributed by atoms with Crippen molar-refractivity contribution in [1.29, 1.82) is 0 Å². The van der Waals surface area contributed by atoms with Crippen molar-refractivity contribution in [3.8, 4) is 0 Å². The number of hydrogen-bond acceptors (Lipinski definition) is 2. The average molecular weight is 176 g/mol. The molecular weight excluding hydrogens is 156 g/mol. The summed E-state index contributed by atoms with van der Waals surface area (Å²) in [5.74, 6) is 0.850. The highest BCUT2D eigenvalue weighted by Crippen LogP contribution is 2.02. The van der Waals surface area contributed by atoms with Crippen LogP contribution >= 0.6 is 12.6 Å². The van der Waals surface area contributed by atoms with Crippen molar-refractivity contribution in [2.24, 2.45) is 0 Å². The van der Waals surface area contributed by atoms with Gasteiger partial charge in [0, 0.05) is 12.4 Å². The summed E-state index contributed by atoms with van der Waals surface area (Å²) in [5, 5.41) is 0. The smallest absolute Gasteiger partial charge is 0.0660 e. The highest BCUT2D eigenvalue weighted by molar-refractivity contribution is 7.80. The summed E-state index contributed by atoms with van der Waals surface area (Å²) < 4.78 is 5.57. The maximum absolute atomic E-state index is 5.57. The maximum atomic E-state index is 5.57. The molecule has 0 spiro atoms. The Balaban J connectivity index is 3.07. The minimum absolute atomic E-state index is 0.371. The van der Waals surface area contributed by atoms with Crippen molar-refractivity contribution in [2.75, 3.05) is 12.4 Å². The standard InChI is InChI=1S/C9H20OS/c1-3-5-6-7-10-9(4-2)8-11/h9,11H,3-8H2,1-2H3. The second-order valence-corrected chi connectivity index (χ2v) is 3.16. The SMILES string of the molecule is CCCCCOC(CC)CS. The van der Waals surface area contributed by atoms with Crippen LogP contribution in [0.3, 0.4) is 0 Å². The third-order valence-electron chi connectivity index (χ3n) is 1.76. The van der Waals surface area contributed by atoms with E-state index < -0.39 is 0 Å². The lowest BCUT2D eigenvalue weighted by molar-refractivity contribution is 0.0644. The van der Waals surface area contributed by atoms with E-state index in [0.29, 0.717) is 6.10 Å². The summed E-state index contributed by atoms with van der Waals surface area (Å²) in [5.41, 5.74) is 0. The van der Waals surface area contributed by atoms with Crippen molar-refractivity contribution < 1.29 is 4.74 Å². The quantitative estimate of drug-likeness (QED) is 0.463. The Morgan fingerprint density at radius 1 is 1.27 bits per heavy atom. The molecule has 0 radical (unpaired) electrons. The van der Waals surface area contributed by atoms with E-state index in [2.05, 4.69) is 26.5 Å². The normalized spacial score (nSPS) is 13.4. The molecular formula is C9H20OS. The lowest BCUT2D eigenvalue weighted by atomic mass is 10.2. The predicted octanol–water partition coefficient (Wildman–Crippen LogP) is 2.90. The summed E-state index contributed by atoms with van der Waals surface area (Å²) in [6, 6.07) is 0. The Labute approximate surface area is 75.9 Å². The van der Waals surface area contributed by atoms with E-state index in [1.165, 1.54) is 19.3 Å². The second kappa shape index (κ2) is 8.41. The Bertz CT molecular complexity index is 72.0. The molecule has 0 heterocycles. The van der Waals surface area contributed by atoms with Gasteiger partial charge in [-0.05, 0) is 12.8 Å². The number of ether oxygens (including phenoxy) is 1. The zero-order valence-corrected chi connectivity index (χ0v) is 8.57. The van der Waals surface area contributed by atoms with Crippen LogP contribution in [0.5, 0.6) is 0 Å². The van der Waals surface area contributed by atoms with Crippen molar-refractivity contribution in [2.45, 2.75) is 45.6 Å². The van der Waals surface area contributed by atoms with Crippen LogP contribution in [0.4, 0.5) is 0 Å². The molecule has 0 N–H and O–H groups in total. The van der Waals surface area contributed by atoms with E-state index in [-0.39, 0.29) is 0 Å². The number of thiol groups is 1. The molecule has 2 heteroatoms. The fourth-order valence-electron chi connectivity index (χ4n) is 0.902. The monoisotopic (exact) mass is 176 g/mol. The van der Waals surface area contributed by atoms with Crippen molar-refractivity contribution in [3.63, 3.8) is 0 Å². The van der Waals surface area contributed by atoms with Crippen LogP contribution in [0.2, 0.25) is 0 Å². The van der Waals surface area contributed by atoms with Crippen LogP contribution in [0.15, 0.2) is 0 Å². The zero-order valence-electron chi connectivity index (χ0n) is 7.68. The minimum atomic E-state index is 0.371. The van der Waals surface area contributed by atoms with Gasteiger partial charge < -0.3 is 4.74 Å². The van der Waals surface area contributed by atoms with Gasteiger partial charge in [-0.2, -0.15) is 12.6 Å². The van der Waals surface area contributed by atoms with Crippen LogP contribution in [-0.2, 0) is 4.74 Å². The summed E-state index contributed by atoms with van der Waals surface area (Å²) in [7, 11) is 0. The summed E-state index contributed by atoms with van der Waals surface area (Å²) >= 11 is 4.20. The van der Waals surface area contributed by atoms with Gasteiger partial charge in [-0.25, -0.2) is 0 Å². The van der Waals surface area contributed by atoms with Gasteiger partial charge in [0.05, 0.1) is 6.10 Å². The van der Waals surface area contributed by atoms with Gasteiger partial charge in [-0.3, -0.25) is 0 Å². The van der Waals surface area contributed by atoms with Gasteiger partial charge in [-0.15, -0.1) is 0 Å².